The molecule has 0 aromatic heterocycles. The SMILES string of the molecule is CC(C)(C)OC(=O)N1Cc2cc(C(F)(F)F)ccc2C(F)(F)C1. The molecular weight excluding hydrogens is 321 g/mol. The number of hydrogen-bond donors (Lipinski definition) is 0. The number of ether oxygens (including phenoxy) is 1. The minimum Gasteiger partial charge on any atom is -0.444 e. The lowest BCUT2D eigenvalue weighted by molar-refractivity contribution is -0.137. The molecule has 0 saturated carbocycles. The van der Waals surface area contributed by atoms with Crippen LogP contribution in [-0.2, 0) is 23.4 Å². The second-order valence-corrected chi connectivity index (χ2v) is 6.41. The third kappa shape index (κ3) is 3.92. The first-order chi connectivity index (χ1) is 10.3. The van der Waals surface area contributed by atoms with Crippen molar-refractivity contribution in [3.63, 3.8) is 0 Å². The van der Waals surface area contributed by atoms with E-state index in [1.165, 1.54) is 0 Å². The van der Waals surface area contributed by atoms with Gasteiger partial charge in [-0.3, -0.25) is 4.90 Å². The number of carbonyl (C=O) groups is 1. The molecule has 0 spiro atoms. The summed E-state index contributed by atoms with van der Waals surface area (Å²) in [5, 5.41) is 0. The van der Waals surface area contributed by atoms with Crippen LogP contribution in [0, 0.1) is 0 Å². The average Bonchev–Trinajstić information content (AvgIpc) is 2.34. The van der Waals surface area contributed by atoms with Crippen LogP contribution in [-0.4, -0.2) is 23.1 Å². The van der Waals surface area contributed by atoms with Gasteiger partial charge in [0.15, 0.2) is 0 Å². The summed E-state index contributed by atoms with van der Waals surface area (Å²) in [7, 11) is 0. The molecule has 0 N–H and O–H groups in total. The third-order valence-corrected chi connectivity index (χ3v) is 3.23. The van der Waals surface area contributed by atoms with E-state index < -0.39 is 41.5 Å². The van der Waals surface area contributed by atoms with Crippen LogP contribution in [0.1, 0.15) is 37.5 Å². The number of hydrogen-bond acceptors (Lipinski definition) is 2. The van der Waals surface area contributed by atoms with Gasteiger partial charge in [0, 0.05) is 12.1 Å². The molecule has 0 atom stereocenters. The molecule has 23 heavy (non-hydrogen) atoms. The summed E-state index contributed by atoms with van der Waals surface area (Å²) in [5.74, 6) is -3.44. The van der Waals surface area contributed by atoms with E-state index in [0.29, 0.717) is 17.0 Å². The van der Waals surface area contributed by atoms with Gasteiger partial charge < -0.3 is 4.74 Å². The molecule has 0 saturated heterocycles. The Bertz CT molecular complexity index is 619. The Kier molecular flexibility index (Phi) is 4.07. The lowest BCUT2D eigenvalue weighted by atomic mass is 9.94. The Hall–Kier alpha value is -1.86. The number of fused-ring (bicyclic) bond motifs is 1. The van der Waals surface area contributed by atoms with Crippen molar-refractivity contribution in [3.8, 4) is 0 Å². The molecule has 0 fully saturated rings. The second-order valence-electron chi connectivity index (χ2n) is 6.41. The largest absolute Gasteiger partial charge is 0.444 e. The maximum absolute atomic E-state index is 14.1. The number of carbonyl (C=O) groups excluding carboxylic acids is 1. The van der Waals surface area contributed by atoms with Crippen LogP contribution < -0.4 is 0 Å². The fourth-order valence-corrected chi connectivity index (χ4v) is 2.30. The topological polar surface area (TPSA) is 29.5 Å². The van der Waals surface area contributed by atoms with E-state index in [-0.39, 0.29) is 12.1 Å². The first-order valence-corrected chi connectivity index (χ1v) is 6.86. The number of halogens is 5. The molecule has 1 aromatic rings. The lowest BCUT2D eigenvalue weighted by Gasteiger charge is -2.35. The molecule has 1 aliphatic rings. The van der Waals surface area contributed by atoms with E-state index >= 15 is 0 Å². The minimum absolute atomic E-state index is 0.234. The Morgan fingerprint density at radius 2 is 1.83 bits per heavy atom. The number of rotatable bonds is 0. The van der Waals surface area contributed by atoms with Crippen molar-refractivity contribution in [2.75, 3.05) is 6.54 Å². The van der Waals surface area contributed by atoms with Crippen LogP contribution in [0.2, 0.25) is 0 Å². The monoisotopic (exact) mass is 337 g/mol. The molecule has 1 aromatic carbocycles. The summed E-state index contributed by atoms with van der Waals surface area (Å²) >= 11 is 0. The van der Waals surface area contributed by atoms with Crippen LogP contribution in [0.15, 0.2) is 18.2 Å². The molecule has 1 aliphatic heterocycles. The average molecular weight is 337 g/mol. The summed E-state index contributed by atoms with van der Waals surface area (Å²) in [4.78, 5) is 12.7. The highest BCUT2D eigenvalue weighted by atomic mass is 19.4. The summed E-state index contributed by atoms with van der Waals surface area (Å²) < 4.78 is 71.5. The number of alkyl halides is 5. The van der Waals surface area contributed by atoms with Gasteiger partial charge in [-0.1, -0.05) is 6.07 Å². The molecule has 2 rings (SSSR count). The van der Waals surface area contributed by atoms with Crippen molar-refractivity contribution >= 4 is 6.09 Å². The van der Waals surface area contributed by atoms with Crippen molar-refractivity contribution in [1.82, 2.24) is 4.90 Å². The van der Waals surface area contributed by atoms with Crippen LogP contribution >= 0.6 is 0 Å². The molecule has 0 unspecified atom stereocenters. The standard InChI is InChI=1S/C15H16F5NO2/c1-13(2,3)23-12(22)21-7-9-6-10(15(18,19)20)4-5-11(9)14(16,17)8-21/h4-6H,7-8H2,1-3H3. The highest BCUT2D eigenvalue weighted by Crippen LogP contribution is 2.40. The first-order valence-electron chi connectivity index (χ1n) is 6.86. The summed E-state index contributed by atoms with van der Waals surface area (Å²) in [5.41, 5.74) is -2.65. The van der Waals surface area contributed by atoms with Crippen molar-refractivity contribution in [1.29, 1.82) is 0 Å². The molecule has 0 radical (unpaired) electrons. The van der Waals surface area contributed by atoms with Gasteiger partial charge in [0.25, 0.3) is 5.92 Å². The van der Waals surface area contributed by atoms with Crippen molar-refractivity contribution in [2.45, 2.75) is 45.0 Å². The van der Waals surface area contributed by atoms with Crippen LogP contribution in [0.25, 0.3) is 0 Å². The number of amides is 1. The normalized spacial score (nSPS) is 17.7. The molecular formula is C15H16F5NO2. The quantitative estimate of drug-likeness (QED) is 0.650. The van der Waals surface area contributed by atoms with Gasteiger partial charge in [0.2, 0.25) is 0 Å². The van der Waals surface area contributed by atoms with Crippen LogP contribution in [0.5, 0.6) is 0 Å². The fourth-order valence-electron chi connectivity index (χ4n) is 2.30. The van der Waals surface area contributed by atoms with Gasteiger partial charge in [0.1, 0.15) is 5.60 Å². The molecule has 3 nitrogen and oxygen atoms in total. The zero-order valence-corrected chi connectivity index (χ0v) is 12.8. The zero-order valence-electron chi connectivity index (χ0n) is 12.8. The second kappa shape index (κ2) is 5.35. The maximum atomic E-state index is 14.1. The van der Waals surface area contributed by atoms with Gasteiger partial charge >= 0.3 is 12.3 Å². The molecule has 1 amide bonds. The van der Waals surface area contributed by atoms with E-state index in [2.05, 4.69) is 0 Å². The van der Waals surface area contributed by atoms with Crippen LogP contribution in [0.4, 0.5) is 26.7 Å². The van der Waals surface area contributed by atoms with Crippen molar-refractivity contribution in [3.05, 3.63) is 34.9 Å². The Labute approximate surface area is 130 Å². The summed E-state index contributed by atoms with van der Waals surface area (Å²) in [6, 6.07) is 2.04. The number of benzene rings is 1. The Morgan fingerprint density at radius 1 is 1.22 bits per heavy atom. The minimum atomic E-state index is -4.64. The van der Waals surface area contributed by atoms with Crippen LogP contribution in [0.3, 0.4) is 0 Å². The van der Waals surface area contributed by atoms with E-state index in [1.807, 2.05) is 0 Å². The van der Waals surface area contributed by atoms with Crippen molar-refractivity contribution in [2.24, 2.45) is 0 Å². The lowest BCUT2D eigenvalue weighted by Crippen LogP contribution is -2.45. The summed E-state index contributed by atoms with van der Waals surface area (Å²) in [6.07, 6.45) is -5.63. The molecule has 8 heteroatoms. The van der Waals surface area contributed by atoms with E-state index in [4.69, 9.17) is 4.74 Å². The van der Waals surface area contributed by atoms with Gasteiger partial charge in [0.05, 0.1) is 12.1 Å². The van der Waals surface area contributed by atoms with Gasteiger partial charge in [-0.15, -0.1) is 0 Å². The van der Waals surface area contributed by atoms with Crippen molar-refractivity contribution < 1.29 is 31.5 Å². The predicted octanol–water partition coefficient (Wildman–Crippen LogP) is 4.55. The highest BCUT2D eigenvalue weighted by molar-refractivity contribution is 5.69. The van der Waals surface area contributed by atoms with Gasteiger partial charge in [-0.25, -0.2) is 4.79 Å². The highest BCUT2D eigenvalue weighted by Gasteiger charge is 2.44. The molecule has 1 heterocycles. The van der Waals surface area contributed by atoms with E-state index in [9.17, 15) is 26.7 Å². The molecule has 128 valence electrons. The van der Waals surface area contributed by atoms with Gasteiger partial charge in [-0.2, -0.15) is 22.0 Å². The van der Waals surface area contributed by atoms with E-state index in [0.717, 1.165) is 6.07 Å². The van der Waals surface area contributed by atoms with E-state index in [1.54, 1.807) is 20.8 Å². The smallest absolute Gasteiger partial charge is 0.416 e. The third-order valence-electron chi connectivity index (χ3n) is 3.23. The van der Waals surface area contributed by atoms with Gasteiger partial charge in [-0.05, 0) is 38.5 Å². The first kappa shape index (κ1) is 17.5. The zero-order chi connectivity index (χ0) is 17.6. The fraction of sp³-hybridized carbons (Fsp3) is 0.533. The molecule has 0 bridgehead atoms. The summed E-state index contributed by atoms with van der Waals surface area (Å²) in [6.45, 7) is 3.43. The number of nitrogens with zero attached hydrogens (tertiary/aromatic N) is 1. The maximum Gasteiger partial charge on any atom is 0.416 e. The Balaban J connectivity index is 2.35. The Morgan fingerprint density at radius 3 is 2.35 bits per heavy atom. The molecule has 0 aliphatic carbocycles. The predicted molar refractivity (Wildman–Crippen MR) is 72.0 cm³/mol.